The molecule has 8 heteroatoms. The van der Waals surface area contributed by atoms with Crippen molar-refractivity contribution in [3.8, 4) is 22.3 Å². The van der Waals surface area contributed by atoms with E-state index in [1.165, 1.54) is 17.2 Å². The number of nitrogens with zero attached hydrogens (tertiary/aromatic N) is 2. The number of rotatable bonds is 7. The lowest BCUT2D eigenvalue weighted by Gasteiger charge is -2.14. The summed E-state index contributed by atoms with van der Waals surface area (Å²) in [5.74, 6) is 0.240. The first-order valence-corrected chi connectivity index (χ1v) is 14.0. The van der Waals surface area contributed by atoms with Crippen LogP contribution < -0.4 is 0 Å². The smallest absolute Gasteiger partial charge is 0.274 e. The molecular weight excluding hydrogens is 545 g/mol. The third kappa shape index (κ3) is 5.23. The number of aromatic nitrogens is 1. The zero-order valence-electron chi connectivity index (χ0n) is 21.7. The van der Waals surface area contributed by atoms with Crippen molar-refractivity contribution in [1.82, 2.24) is 9.88 Å². The molecule has 4 nitrogen and oxygen atoms in total. The summed E-state index contributed by atoms with van der Waals surface area (Å²) in [6.07, 6.45) is -2.42. The van der Waals surface area contributed by atoms with Crippen LogP contribution in [0.15, 0.2) is 108 Å². The number of pyridine rings is 1. The molecule has 5 aromatic rings. The van der Waals surface area contributed by atoms with Gasteiger partial charge in [0.05, 0.1) is 22.2 Å². The quantitative estimate of drug-likeness (QED) is 0.112. The van der Waals surface area contributed by atoms with Crippen LogP contribution in [0.3, 0.4) is 0 Å². The average Bonchev–Trinajstić information content (AvgIpc) is 3.23. The Kier molecular flexibility index (Phi) is 7.09. The van der Waals surface area contributed by atoms with E-state index in [-0.39, 0.29) is 17.3 Å². The second-order valence-electron chi connectivity index (χ2n) is 9.68. The van der Waals surface area contributed by atoms with Gasteiger partial charge in [-0.05, 0) is 76.9 Å². The molecular formula is C33H23F3N2O2S. The molecule has 0 aliphatic carbocycles. The van der Waals surface area contributed by atoms with Crippen LogP contribution in [0.1, 0.15) is 32.7 Å². The van der Waals surface area contributed by atoms with Crippen LogP contribution in [-0.2, 0) is 6.18 Å². The molecule has 0 N–H and O–H groups in total. The summed E-state index contributed by atoms with van der Waals surface area (Å²) < 4.78 is 40.7. The monoisotopic (exact) mass is 568 g/mol. The fraction of sp³-hybridized carbons (Fsp3) is 0.121. The molecule has 0 unspecified atom stereocenters. The van der Waals surface area contributed by atoms with Gasteiger partial charge in [0.1, 0.15) is 0 Å². The lowest BCUT2D eigenvalue weighted by molar-refractivity contribution is -0.136. The molecule has 2 amide bonds. The molecule has 0 bridgehead atoms. The van der Waals surface area contributed by atoms with Gasteiger partial charge in [-0.2, -0.15) is 13.2 Å². The Bertz CT molecular complexity index is 1770. The van der Waals surface area contributed by atoms with Gasteiger partial charge in [-0.25, -0.2) is 0 Å². The molecule has 41 heavy (non-hydrogen) atoms. The SMILES string of the molecule is O=C1c2ccccc2C(=O)N1CCCSc1cccc(-c2cccc(-c3ccnc4c(C(F)(F)F)cccc34)c2)c1. The third-order valence-corrected chi connectivity index (χ3v) is 8.17. The predicted octanol–water partition coefficient (Wildman–Crippen LogP) is 8.37. The molecule has 0 atom stereocenters. The molecule has 1 aliphatic rings. The summed E-state index contributed by atoms with van der Waals surface area (Å²) >= 11 is 1.64. The minimum atomic E-state index is -4.49. The summed E-state index contributed by atoms with van der Waals surface area (Å²) in [6.45, 7) is 0.358. The maximum Gasteiger partial charge on any atom is 0.418 e. The molecule has 6 rings (SSSR count). The fourth-order valence-corrected chi connectivity index (χ4v) is 6.04. The van der Waals surface area contributed by atoms with Crippen molar-refractivity contribution < 1.29 is 22.8 Å². The summed E-state index contributed by atoms with van der Waals surface area (Å²) in [7, 11) is 0. The summed E-state index contributed by atoms with van der Waals surface area (Å²) in [6, 6.07) is 28.5. The van der Waals surface area contributed by atoms with E-state index >= 15 is 0 Å². The van der Waals surface area contributed by atoms with Crippen LogP contribution in [0, 0.1) is 0 Å². The number of thioether (sulfide) groups is 1. The van der Waals surface area contributed by atoms with Crippen LogP contribution >= 0.6 is 11.8 Å². The molecule has 0 saturated carbocycles. The van der Waals surface area contributed by atoms with Crippen molar-refractivity contribution in [3.63, 3.8) is 0 Å². The molecule has 2 heterocycles. The van der Waals surface area contributed by atoms with Gasteiger partial charge in [-0.1, -0.05) is 54.6 Å². The molecule has 0 spiro atoms. The van der Waals surface area contributed by atoms with Gasteiger partial charge in [0, 0.05) is 23.0 Å². The molecule has 0 radical (unpaired) electrons. The maximum atomic E-state index is 13.6. The zero-order chi connectivity index (χ0) is 28.6. The predicted molar refractivity (Wildman–Crippen MR) is 155 cm³/mol. The second kappa shape index (κ2) is 10.9. The number of carbonyl (C=O) groups is 2. The van der Waals surface area contributed by atoms with Crippen LogP contribution in [0.4, 0.5) is 13.2 Å². The highest BCUT2D eigenvalue weighted by Crippen LogP contribution is 2.38. The first kappa shape index (κ1) is 26.8. The van der Waals surface area contributed by atoms with E-state index in [4.69, 9.17) is 0 Å². The Hall–Kier alpha value is -4.43. The number of imide groups is 1. The van der Waals surface area contributed by atoms with Gasteiger partial charge in [0.25, 0.3) is 11.8 Å². The number of halogens is 3. The number of para-hydroxylation sites is 1. The van der Waals surface area contributed by atoms with Gasteiger partial charge in [-0.15, -0.1) is 11.8 Å². The number of benzene rings is 4. The summed E-state index contributed by atoms with van der Waals surface area (Å²) in [5.41, 5.74) is 3.50. The van der Waals surface area contributed by atoms with Crippen molar-refractivity contribution in [1.29, 1.82) is 0 Å². The zero-order valence-corrected chi connectivity index (χ0v) is 22.5. The van der Waals surface area contributed by atoms with Gasteiger partial charge < -0.3 is 0 Å². The van der Waals surface area contributed by atoms with Crippen molar-refractivity contribution >= 4 is 34.5 Å². The Morgan fingerprint density at radius 3 is 2.10 bits per heavy atom. The summed E-state index contributed by atoms with van der Waals surface area (Å²) in [4.78, 5) is 31.6. The minimum Gasteiger partial charge on any atom is -0.274 e. The Balaban J connectivity index is 1.17. The number of hydrogen-bond acceptors (Lipinski definition) is 4. The number of amides is 2. The third-order valence-electron chi connectivity index (χ3n) is 7.09. The molecule has 1 aromatic heterocycles. The first-order chi connectivity index (χ1) is 19.8. The van der Waals surface area contributed by atoms with Crippen LogP contribution in [0.5, 0.6) is 0 Å². The molecule has 204 valence electrons. The van der Waals surface area contributed by atoms with Crippen molar-refractivity contribution in [2.75, 3.05) is 12.3 Å². The van der Waals surface area contributed by atoms with Gasteiger partial charge in [0.15, 0.2) is 0 Å². The van der Waals surface area contributed by atoms with E-state index in [1.807, 2.05) is 42.5 Å². The standard InChI is InChI=1S/C33H23F3N2O2S/c34-33(35,36)29-14-5-13-26-25(15-16-37-30(26)29)23-9-3-7-21(19-23)22-8-4-10-24(20-22)41-18-6-17-38-31(39)27-11-1-2-12-28(27)32(38)40/h1-5,7-16,19-20H,6,17-18H2. The topological polar surface area (TPSA) is 50.3 Å². The van der Waals surface area contributed by atoms with Gasteiger partial charge in [0.2, 0.25) is 0 Å². The number of hydrogen-bond donors (Lipinski definition) is 0. The lowest BCUT2D eigenvalue weighted by Crippen LogP contribution is -2.30. The van der Waals surface area contributed by atoms with E-state index in [0.29, 0.717) is 35.0 Å². The summed E-state index contributed by atoms with van der Waals surface area (Å²) in [5, 5.41) is 0.446. The molecule has 4 aromatic carbocycles. The van der Waals surface area contributed by atoms with Crippen molar-refractivity contribution in [3.05, 3.63) is 120 Å². The number of fused-ring (bicyclic) bond motifs is 2. The van der Waals surface area contributed by atoms with E-state index in [9.17, 15) is 22.8 Å². The lowest BCUT2D eigenvalue weighted by atomic mass is 9.96. The number of carbonyl (C=O) groups excluding carboxylic acids is 2. The molecule has 0 fully saturated rings. The van der Waals surface area contributed by atoms with Gasteiger partial charge in [-0.3, -0.25) is 19.5 Å². The average molecular weight is 569 g/mol. The highest BCUT2D eigenvalue weighted by Gasteiger charge is 2.35. The van der Waals surface area contributed by atoms with Crippen LogP contribution in [0.25, 0.3) is 33.2 Å². The van der Waals surface area contributed by atoms with Crippen molar-refractivity contribution in [2.24, 2.45) is 0 Å². The Morgan fingerprint density at radius 1 is 0.707 bits per heavy atom. The Morgan fingerprint density at radius 2 is 1.37 bits per heavy atom. The Labute approximate surface area is 238 Å². The van der Waals surface area contributed by atoms with Gasteiger partial charge >= 0.3 is 6.18 Å². The van der Waals surface area contributed by atoms with Crippen LogP contribution in [0.2, 0.25) is 0 Å². The fourth-order valence-electron chi connectivity index (χ4n) is 5.14. The van der Waals surface area contributed by atoms with Crippen LogP contribution in [-0.4, -0.2) is 34.0 Å². The van der Waals surface area contributed by atoms with E-state index in [2.05, 4.69) is 11.1 Å². The normalized spacial score (nSPS) is 13.2. The minimum absolute atomic E-state index is 0.0671. The first-order valence-electron chi connectivity index (χ1n) is 13.0. The number of alkyl halides is 3. The second-order valence-corrected chi connectivity index (χ2v) is 10.8. The largest absolute Gasteiger partial charge is 0.418 e. The molecule has 1 aliphatic heterocycles. The molecule has 0 saturated heterocycles. The van der Waals surface area contributed by atoms with E-state index in [1.54, 1.807) is 48.2 Å². The highest BCUT2D eigenvalue weighted by molar-refractivity contribution is 7.99. The van der Waals surface area contributed by atoms with Crippen molar-refractivity contribution in [2.45, 2.75) is 17.5 Å². The van der Waals surface area contributed by atoms with E-state index < -0.39 is 11.7 Å². The maximum absolute atomic E-state index is 13.6. The van der Waals surface area contributed by atoms with E-state index in [0.717, 1.165) is 33.4 Å². The highest BCUT2D eigenvalue weighted by atomic mass is 32.2.